The van der Waals surface area contributed by atoms with Crippen LogP contribution in [0.4, 0.5) is 0 Å². The number of fused-ring (bicyclic) bond motifs is 1. The summed E-state index contributed by atoms with van der Waals surface area (Å²) in [5.41, 5.74) is 4.72. The molecule has 0 radical (unpaired) electrons. The van der Waals surface area contributed by atoms with E-state index < -0.39 is 0 Å². The van der Waals surface area contributed by atoms with E-state index in [0.29, 0.717) is 31.7 Å². The van der Waals surface area contributed by atoms with Crippen molar-refractivity contribution in [3.63, 3.8) is 0 Å². The maximum Gasteiger partial charge on any atom is 0.254 e. The second-order valence-corrected chi connectivity index (χ2v) is 7.24. The zero-order chi connectivity index (χ0) is 20.2. The summed E-state index contributed by atoms with van der Waals surface area (Å²) >= 11 is 0. The predicted molar refractivity (Wildman–Crippen MR) is 108 cm³/mol. The van der Waals surface area contributed by atoms with E-state index in [4.69, 9.17) is 0 Å². The van der Waals surface area contributed by atoms with Gasteiger partial charge in [0.15, 0.2) is 0 Å². The fourth-order valence-electron chi connectivity index (χ4n) is 3.54. The van der Waals surface area contributed by atoms with Crippen LogP contribution < -0.4 is 5.32 Å². The van der Waals surface area contributed by atoms with Crippen LogP contribution in [0.25, 0.3) is 0 Å². The molecule has 29 heavy (non-hydrogen) atoms. The van der Waals surface area contributed by atoms with Crippen LogP contribution in [-0.4, -0.2) is 38.0 Å². The van der Waals surface area contributed by atoms with Crippen molar-refractivity contribution in [3.8, 4) is 0 Å². The lowest BCUT2D eigenvalue weighted by Gasteiger charge is -2.29. The number of carbonyl (C=O) groups excluding carboxylic acids is 2. The van der Waals surface area contributed by atoms with Crippen LogP contribution in [0, 0.1) is 0 Å². The molecule has 2 amide bonds. The number of rotatable bonds is 5. The molecule has 1 aliphatic rings. The van der Waals surface area contributed by atoms with Crippen molar-refractivity contribution in [2.45, 2.75) is 33.0 Å². The maximum atomic E-state index is 13.1. The standard InChI is InChI=1S/C22H23N5O2/c1-16(28)23-12-18-11-20-15-26(9-6-21(20)24-13-18)22(29)19-5-2-4-17(10-19)14-27-8-3-7-25-27/h2-5,7-8,10-11,13H,6,9,12,14-15H2,1H3,(H,23,28). The fourth-order valence-corrected chi connectivity index (χ4v) is 3.54. The molecule has 0 saturated heterocycles. The number of carbonyl (C=O) groups is 2. The summed E-state index contributed by atoms with van der Waals surface area (Å²) in [6.07, 6.45) is 6.18. The molecule has 0 unspecified atom stereocenters. The fraction of sp³-hybridized carbons (Fsp3) is 0.273. The lowest BCUT2D eigenvalue weighted by Crippen LogP contribution is -2.36. The average Bonchev–Trinajstić information content (AvgIpc) is 3.24. The van der Waals surface area contributed by atoms with Gasteiger partial charge in [-0.25, -0.2) is 0 Å². The first-order chi connectivity index (χ1) is 14.1. The Hall–Kier alpha value is -3.48. The molecule has 0 aliphatic carbocycles. The number of hydrogen-bond donors (Lipinski definition) is 1. The number of nitrogens with one attached hydrogen (secondary N) is 1. The highest BCUT2D eigenvalue weighted by molar-refractivity contribution is 5.94. The quantitative estimate of drug-likeness (QED) is 0.725. The first kappa shape index (κ1) is 18.9. The maximum absolute atomic E-state index is 13.1. The Kier molecular flexibility index (Phi) is 5.37. The molecule has 0 spiro atoms. The van der Waals surface area contributed by atoms with Crippen molar-refractivity contribution in [2.24, 2.45) is 0 Å². The smallest absolute Gasteiger partial charge is 0.254 e. The van der Waals surface area contributed by atoms with Crippen LogP contribution in [0.1, 0.15) is 39.7 Å². The van der Waals surface area contributed by atoms with Gasteiger partial charge in [-0.15, -0.1) is 0 Å². The second kappa shape index (κ2) is 8.26. The lowest BCUT2D eigenvalue weighted by molar-refractivity contribution is -0.119. The molecular weight excluding hydrogens is 366 g/mol. The second-order valence-electron chi connectivity index (χ2n) is 7.24. The molecule has 148 valence electrons. The Morgan fingerprint density at radius 2 is 2.07 bits per heavy atom. The third-order valence-corrected chi connectivity index (χ3v) is 5.00. The third-order valence-electron chi connectivity index (χ3n) is 5.00. The number of pyridine rings is 1. The summed E-state index contributed by atoms with van der Waals surface area (Å²) in [7, 11) is 0. The summed E-state index contributed by atoms with van der Waals surface area (Å²) in [5.74, 6) is -0.0558. The summed E-state index contributed by atoms with van der Waals surface area (Å²) in [6, 6.07) is 11.6. The normalized spacial score (nSPS) is 13.1. The third kappa shape index (κ3) is 4.51. The summed E-state index contributed by atoms with van der Waals surface area (Å²) < 4.78 is 1.84. The minimum absolute atomic E-state index is 0.0187. The summed E-state index contributed by atoms with van der Waals surface area (Å²) in [4.78, 5) is 30.6. The van der Waals surface area contributed by atoms with Gasteiger partial charge >= 0.3 is 0 Å². The summed E-state index contributed by atoms with van der Waals surface area (Å²) in [5, 5.41) is 7.01. The first-order valence-electron chi connectivity index (χ1n) is 9.65. The highest BCUT2D eigenvalue weighted by Crippen LogP contribution is 2.21. The van der Waals surface area contributed by atoms with Gasteiger partial charge in [0.1, 0.15) is 0 Å². The number of benzene rings is 1. The van der Waals surface area contributed by atoms with Crippen LogP contribution in [0.15, 0.2) is 55.0 Å². The van der Waals surface area contributed by atoms with Crippen molar-refractivity contribution in [1.29, 1.82) is 0 Å². The van der Waals surface area contributed by atoms with Crippen LogP contribution in [-0.2, 0) is 30.8 Å². The molecule has 0 bridgehead atoms. The number of aromatic nitrogens is 3. The molecule has 7 heteroatoms. The van der Waals surface area contributed by atoms with Gasteiger partial charge < -0.3 is 10.2 Å². The van der Waals surface area contributed by atoms with E-state index in [0.717, 1.165) is 28.8 Å². The molecule has 3 heterocycles. The van der Waals surface area contributed by atoms with Gasteiger partial charge in [0.05, 0.1) is 6.54 Å². The Balaban J connectivity index is 1.48. The molecule has 1 aromatic carbocycles. The minimum atomic E-state index is -0.0745. The molecule has 4 rings (SSSR count). The SMILES string of the molecule is CC(=O)NCc1cnc2c(c1)CN(C(=O)c1cccc(Cn3cccn3)c1)CC2. The molecule has 3 aromatic rings. The van der Waals surface area contributed by atoms with Gasteiger partial charge in [-0.2, -0.15) is 5.10 Å². The van der Waals surface area contributed by atoms with Gasteiger partial charge in [-0.3, -0.25) is 19.3 Å². The van der Waals surface area contributed by atoms with E-state index in [-0.39, 0.29) is 11.8 Å². The molecule has 1 aliphatic heterocycles. The number of nitrogens with zero attached hydrogens (tertiary/aromatic N) is 4. The van der Waals surface area contributed by atoms with Crippen molar-refractivity contribution >= 4 is 11.8 Å². The van der Waals surface area contributed by atoms with E-state index in [2.05, 4.69) is 15.4 Å². The number of hydrogen-bond acceptors (Lipinski definition) is 4. The summed E-state index contributed by atoms with van der Waals surface area (Å²) in [6.45, 7) is 3.74. The first-order valence-corrected chi connectivity index (χ1v) is 9.65. The minimum Gasteiger partial charge on any atom is -0.352 e. The zero-order valence-corrected chi connectivity index (χ0v) is 16.3. The van der Waals surface area contributed by atoms with Crippen LogP contribution >= 0.6 is 0 Å². The molecular formula is C22H23N5O2. The van der Waals surface area contributed by atoms with Crippen LogP contribution in [0.5, 0.6) is 0 Å². The Labute approximate surface area is 169 Å². The van der Waals surface area contributed by atoms with Crippen molar-refractivity contribution in [3.05, 3.63) is 82.9 Å². The Bertz CT molecular complexity index is 1030. The molecule has 2 aromatic heterocycles. The molecule has 0 fully saturated rings. The average molecular weight is 389 g/mol. The van der Waals surface area contributed by atoms with E-state index in [1.807, 2.05) is 52.2 Å². The monoisotopic (exact) mass is 389 g/mol. The molecule has 1 N–H and O–H groups in total. The predicted octanol–water partition coefficient (Wildman–Crippen LogP) is 2.16. The van der Waals surface area contributed by atoms with E-state index in [1.54, 1.807) is 12.4 Å². The van der Waals surface area contributed by atoms with Gasteiger partial charge in [0, 0.05) is 62.8 Å². The van der Waals surface area contributed by atoms with Gasteiger partial charge in [0.25, 0.3) is 5.91 Å². The molecule has 0 saturated carbocycles. The van der Waals surface area contributed by atoms with E-state index in [9.17, 15) is 9.59 Å². The molecule has 7 nitrogen and oxygen atoms in total. The van der Waals surface area contributed by atoms with Crippen molar-refractivity contribution in [1.82, 2.24) is 25.0 Å². The van der Waals surface area contributed by atoms with Crippen LogP contribution in [0.2, 0.25) is 0 Å². The largest absolute Gasteiger partial charge is 0.352 e. The Morgan fingerprint density at radius 1 is 1.17 bits per heavy atom. The van der Waals surface area contributed by atoms with Crippen molar-refractivity contribution < 1.29 is 9.59 Å². The van der Waals surface area contributed by atoms with Crippen LogP contribution in [0.3, 0.4) is 0 Å². The van der Waals surface area contributed by atoms with Gasteiger partial charge in [-0.1, -0.05) is 12.1 Å². The van der Waals surface area contributed by atoms with Gasteiger partial charge in [0.2, 0.25) is 5.91 Å². The lowest BCUT2D eigenvalue weighted by atomic mass is 10.0. The highest BCUT2D eigenvalue weighted by atomic mass is 16.2. The Morgan fingerprint density at radius 3 is 2.86 bits per heavy atom. The van der Waals surface area contributed by atoms with Gasteiger partial charge in [-0.05, 0) is 41.0 Å². The van der Waals surface area contributed by atoms with E-state index in [1.165, 1.54) is 6.92 Å². The molecule has 0 atom stereocenters. The number of amides is 2. The zero-order valence-electron chi connectivity index (χ0n) is 16.3. The van der Waals surface area contributed by atoms with Crippen molar-refractivity contribution in [2.75, 3.05) is 6.54 Å². The van der Waals surface area contributed by atoms with E-state index >= 15 is 0 Å². The highest BCUT2D eigenvalue weighted by Gasteiger charge is 2.23. The topological polar surface area (TPSA) is 80.1 Å².